The van der Waals surface area contributed by atoms with Crippen molar-refractivity contribution in [3.8, 4) is 0 Å². The Labute approximate surface area is 81.5 Å². The van der Waals surface area contributed by atoms with E-state index in [1.165, 1.54) is 22.6 Å². The molecule has 0 unspecified atom stereocenters. The number of hydrogen-bond acceptors (Lipinski definition) is 3. The maximum Gasteiger partial charge on any atom is 0.182 e. The molecule has 0 saturated carbocycles. The summed E-state index contributed by atoms with van der Waals surface area (Å²) in [5.41, 5.74) is 0. The highest BCUT2D eigenvalue weighted by Gasteiger charge is 2.16. The third-order valence-corrected chi connectivity index (χ3v) is 3.14. The van der Waals surface area contributed by atoms with Crippen molar-refractivity contribution >= 4 is 11.3 Å². The first kappa shape index (κ1) is 8.97. The number of nitrogens with zero attached hydrogens (tertiary/aromatic N) is 1. The Morgan fingerprint density at radius 3 is 3.15 bits per heavy atom. The normalized spacial score (nSPS) is 22.4. The molecule has 1 N–H and O–H groups in total. The van der Waals surface area contributed by atoms with E-state index in [9.17, 15) is 0 Å². The molecule has 0 amide bonds. The minimum Gasteiger partial charge on any atom is -0.376 e. The van der Waals surface area contributed by atoms with Crippen molar-refractivity contribution in [3.63, 3.8) is 0 Å². The van der Waals surface area contributed by atoms with Gasteiger partial charge in [-0.1, -0.05) is 0 Å². The highest BCUT2D eigenvalue weighted by Crippen LogP contribution is 2.14. The van der Waals surface area contributed by atoms with Crippen LogP contribution in [0, 0.1) is 12.3 Å². The Bertz CT molecular complexity index is 336. The lowest BCUT2D eigenvalue weighted by molar-refractivity contribution is 0.0962. The Morgan fingerprint density at radius 1 is 1.77 bits per heavy atom. The molecule has 72 valence electrons. The summed E-state index contributed by atoms with van der Waals surface area (Å²) in [6, 6.07) is 0. The van der Waals surface area contributed by atoms with Gasteiger partial charge in [-0.25, -0.2) is 0 Å². The topological polar surface area (TPSA) is 38.0 Å². The van der Waals surface area contributed by atoms with Gasteiger partial charge in [-0.3, -0.25) is 5.41 Å². The van der Waals surface area contributed by atoms with E-state index >= 15 is 0 Å². The molecule has 1 aliphatic heterocycles. The molecule has 3 nitrogen and oxygen atoms in total. The summed E-state index contributed by atoms with van der Waals surface area (Å²) < 4.78 is 7.50. The lowest BCUT2D eigenvalue weighted by atomic mass is 10.2. The molecule has 2 rings (SSSR count). The van der Waals surface area contributed by atoms with E-state index in [1.54, 1.807) is 0 Å². The predicted molar refractivity (Wildman–Crippen MR) is 51.9 cm³/mol. The fourth-order valence-electron chi connectivity index (χ4n) is 1.66. The second-order valence-corrected chi connectivity index (χ2v) is 4.67. The van der Waals surface area contributed by atoms with Crippen LogP contribution in [0.3, 0.4) is 0 Å². The molecule has 2 heterocycles. The van der Waals surface area contributed by atoms with E-state index in [2.05, 4.69) is 0 Å². The van der Waals surface area contributed by atoms with Crippen molar-refractivity contribution in [1.82, 2.24) is 4.57 Å². The Balaban J connectivity index is 2.08. The van der Waals surface area contributed by atoms with Gasteiger partial charge in [0, 0.05) is 17.7 Å². The van der Waals surface area contributed by atoms with Gasteiger partial charge in [-0.15, -0.1) is 11.3 Å². The van der Waals surface area contributed by atoms with Crippen LogP contribution in [0.15, 0.2) is 6.20 Å². The largest absolute Gasteiger partial charge is 0.376 e. The van der Waals surface area contributed by atoms with Gasteiger partial charge < -0.3 is 9.30 Å². The molecule has 1 fully saturated rings. The third-order valence-electron chi connectivity index (χ3n) is 2.28. The third kappa shape index (κ3) is 2.00. The molecule has 4 heteroatoms. The first-order chi connectivity index (χ1) is 6.25. The number of rotatable bonds is 2. The SMILES string of the molecule is Cc1cn(C[C@H]2CCCO2)c(=N)s1. The standard InChI is InChI=1S/C9H14N2OS/c1-7-5-11(9(10)13-7)6-8-3-2-4-12-8/h5,8,10H,2-4,6H2,1H3/t8-/m1/s1. The smallest absolute Gasteiger partial charge is 0.182 e. The molecule has 1 aliphatic rings. The van der Waals surface area contributed by atoms with E-state index in [4.69, 9.17) is 10.1 Å². The van der Waals surface area contributed by atoms with Gasteiger partial charge in [0.2, 0.25) is 0 Å². The Hall–Kier alpha value is -0.610. The minimum atomic E-state index is 0.336. The number of aromatic nitrogens is 1. The fourth-order valence-corrected chi connectivity index (χ4v) is 2.39. The minimum absolute atomic E-state index is 0.336. The summed E-state index contributed by atoms with van der Waals surface area (Å²) in [5.74, 6) is 0. The summed E-state index contributed by atoms with van der Waals surface area (Å²) in [6.07, 6.45) is 4.68. The average molecular weight is 198 g/mol. The summed E-state index contributed by atoms with van der Waals surface area (Å²) in [7, 11) is 0. The van der Waals surface area contributed by atoms with E-state index in [-0.39, 0.29) is 0 Å². The van der Waals surface area contributed by atoms with Crippen LogP contribution in [0.1, 0.15) is 17.7 Å². The fraction of sp³-hybridized carbons (Fsp3) is 0.667. The lowest BCUT2D eigenvalue weighted by Gasteiger charge is -2.09. The van der Waals surface area contributed by atoms with Crippen LogP contribution in [0.25, 0.3) is 0 Å². The van der Waals surface area contributed by atoms with Crippen molar-refractivity contribution in [2.45, 2.75) is 32.4 Å². The zero-order chi connectivity index (χ0) is 9.26. The van der Waals surface area contributed by atoms with Gasteiger partial charge >= 0.3 is 0 Å². The van der Waals surface area contributed by atoms with Crippen LogP contribution in [-0.4, -0.2) is 17.3 Å². The van der Waals surface area contributed by atoms with Crippen molar-refractivity contribution in [2.24, 2.45) is 0 Å². The number of nitrogens with one attached hydrogen (secondary N) is 1. The van der Waals surface area contributed by atoms with Gasteiger partial charge in [-0.05, 0) is 19.8 Å². The molecule has 1 aromatic rings. The zero-order valence-corrected chi connectivity index (χ0v) is 8.56. The molecular weight excluding hydrogens is 184 g/mol. The van der Waals surface area contributed by atoms with E-state index in [0.29, 0.717) is 10.9 Å². The number of hydrogen-bond donors (Lipinski definition) is 1. The molecule has 0 aromatic carbocycles. The second kappa shape index (κ2) is 3.64. The van der Waals surface area contributed by atoms with Crippen molar-refractivity contribution in [1.29, 1.82) is 5.41 Å². The van der Waals surface area contributed by atoms with Gasteiger partial charge in [0.1, 0.15) is 0 Å². The van der Waals surface area contributed by atoms with Crippen molar-refractivity contribution in [3.05, 3.63) is 15.9 Å². The van der Waals surface area contributed by atoms with Gasteiger partial charge in [0.25, 0.3) is 0 Å². The van der Waals surface area contributed by atoms with Gasteiger partial charge in [-0.2, -0.15) is 0 Å². The molecule has 13 heavy (non-hydrogen) atoms. The number of aryl methyl sites for hydroxylation is 1. The van der Waals surface area contributed by atoms with Crippen LogP contribution < -0.4 is 4.80 Å². The quantitative estimate of drug-likeness (QED) is 0.768. The molecule has 0 radical (unpaired) electrons. The summed E-state index contributed by atoms with van der Waals surface area (Å²) in [4.78, 5) is 1.83. The first-order valence-corrected chi connectivity index (χ1v) is 5.40. The van der Waals surface area contributed by atoms with Gasteiger partial charge in [0.15, 0.2) is 4.80 Å². The first-order valence-electron chi connectivity index (χ1n) is 4.59. The maximum atomic E-state index is 7.68. The average Bonchev–Trinajstić information content (AvgIpc) is 2.63. The van der Waals surface area contributed by atoms with Crippen LogP contribution in [0.5, 0.6) is 0 Å². The molecule has 0 aliphatic carbocycles. The molecule has 0 bridgehead atoms. The highest BCUT2D eigenvalue weighted by atomic mass is 32.1. The van der Waals surface area contributed by atoms with Crippen LogP contribution in [-0.2, 0) is 11.3 Å². The van der Waals surface area contributed by atoms with Crippen molar-refractivity contribution < 1.29 is 4.74 Å². The van der Waals surface area contributed by atoms with E-state index < -0.39 is 0 Å². The highest BCUT2D eigenvalue weighted by molar-refractivity contribution is 7.09. The summed E-state index contributed by atoms with van der Waals surface area (Å²) in [6.45, 7) is 3.78. The molecule has 1 atom stereocenters. The van der Waals surface area contributed by atoms with Crippen molar-refractivity contribution in [2.75, 3.05) is 6.61 Å². The second-order valence-electron chi connectivity index (χ2n) is 3.43. The van der Waals surface area contributed by atoms with Crippen LogP contribution >= 0.6 is 11.3 Å². The maximum absolute atomic E-state index is 7.68. The zero-order valence-electron chi connectivity index (χ0n) is 7.75. The Kier molecular flexibility index (Phi) is 2.51. The summed E-state index contributed by atoms with van der Waals surface area (Å²) in [5, 5.41) is 7.68. The van der Waals surface area contributed by atoms with Crippen LogP contribution in [0.4, 0.5) is 0 Å². The molecule has 1 saturated heterocycles. The lowest BCUT2D eigenvalue weighted by Crippen LogP contribution is -2.21. The van der Waals surface area contributed by atoms with Crippen LogP contribution in [0.2, 0.25) is 0 Å². The monoisotopic (exact) mass is 198 g/mol. The van der Waals surface area contributed by atoms with E-state index in [1.807, 2.05) is 17.7 Å². The predicted octanol–water partition coefficient (Wildman–Crippen LogP) is 1.52. The Morgan fingerprint density at radius 2 is 2.62 bits per heavy atom. The number of ether oxygens (including phenoxy) is 1. The molecule has 0 spiro atoms. The van der Waals surface area contributed by atoms with Gasteiger partial charge in [0.05, 0.1) is 12.6 Å². The summed E-state index contributed by atoms with van der Waals surface area (Å²) >= 11 is 1.53. The number of thiazole rings is 1. The molecule has 1 aromatic heterocycles. The van der Waals surface area contributed by atoms with E-state index in [0.717, 1.165) is 19.6 Å². The molecular formula is C9H14N2OS.